The van der Waals surface area contributed by atoms with Gasteiger partial charge in [-0.05, 0) is 12.5 Å². The zero-order valence-corrected chi connectivity index (χ0v) is 13.1. The normalized spacial score (nSPS) is 11.5. The van der Waals surface area contributed by atoms with Crippen LogP contribution < -0.4 is 10.5 Å². The van der Waals surface area contributed by atoms with Gasteiger partial charge in [0.15, 0.2) is 0 Å². The minimum absolute atomic E-state index is 0.169. The fourth-order valence-corrected chi connectivity index (χ4v) is 3.22. The zero-order chi connectivity index (χ0) is 15.5. The molecule has 0 amide bonds. The number of thiocarbonyl (C=S) groups is 1. The van der Waals surface area contributed by atoms with Crippen molar-refractivity contribution in [2.75, 3.05) is 0 Å². The molecule has 0 aliphatic heterocycles. The Morgan fingerprint density at radius 3 is 2.71 bits per heavy atom. The first-order valence-electron chi connectivity index (χ1n) is 6.23. The average molecular weight is 324 g/mol. The van der Waals surface area contributed by atoms with Crippen molar-refractivity contribution in [2.45, 2.75) is 19.2 Å². The van der Waals surface area contributed by atoms with Crippen LogP contribution in [0.2, 0.25) is 0 Å². The Balaban J connectivity index is 2.11. The molecule has 4 N–H and O–H groups in total. The molecule has 1 aromatic carbocycles. The second-order valence-corrected chi connectivity index (χ2v) is 6.87. The number of nitrogens with zero attached hydrogens (tertiary/aromatic N) is 1. The van der Waals surface area contributed by atoms with Gasteiger partial charge in [0.2, 0.25) is 10.0 Å². The molecule has 0 spiro atoms. The van der Waals surface area contributed by atoms with Gasteiger partial charge >= 0.3 is 0 Å². The number of nitrogens with two attached hydrogens (primary N) is 1. The first-order chi connectivity index (χ1) is 9.89. The number of rotatable bonds is 6. The molecule has 8 heteroatoms. The summed E-state index contributed by atoms with van der Waals surface area (Å²) in [5.41, 5.74) is 8.41. The molecule has 0 saturated heterocycles. The van der Waals surface area contributed by atoms with Gasteiger partial charge in [0.25, 0.3) is 0 Å². The molecule has 112 valence electrons. The van der Waals surface area contributed by atoms with Crippen LogP contribution in [0.15, 0.2) is 30.5 Å². The van der Waals surface area contributed by atoms with E-state index in [1.807, 2.05) is 6.92 Å². The number of hydrogen-bond donors (Lipinski definition) is 3. The van der Waals surface area contributed by atoms with Crippen LogP contribution >= 0.6 is 12.2 Å². The molecule has 1 aromatic heterocycles. The number of aryl methyl sites for hydroxylation is 1. The molecule has 0 unspecified atom stereocenters. The fourth-order valence-electron chi connectivity index (χ4n) is 1.88. The standard InChI is InChI=1S/C13H16N4O2S2/c1-9-11(6-15-17-9)7-16-21(18,19)8-10-4-2-3-5-12(10)13(14)20/h2-6,16H,7-8H2,1H3,(H2,14,20)(H,15,17). The Labute approximate surface area is 128 Å². The van der Waals surface area contributed by atoms with E-state index in [0.717, 1.165) is 11.3 Å². The Hall–Kier alpha value is -1.77. The lowest BCUT2D eigenvalue weighted by Crippen LogP contribution is -2.26. The summed E-state index contributed by atoms with van der Waals surface area (Å²) < 4.78 is 26.9. The number of nitrogens with one attached hydrogen (secondary N) is 2. The number of aromatic amines is 1. The maximum atomic E-state index is 12.2. The predicted octanol–water partition coefficient (Wildman–Crippen LogP) is 0.972. The number of aromatic nitrogens is 2. The van der Waals surface area contributed by atoms with Gasteiger partial charge in [0.05, 0.1) is 11.9 Å². The van der Waals surface area contributed by atoms with E-state index in [0.29, 0.717) is 11.1 Å². The zero-order valence-electron chi connectivity index (χ0n) is 11.5. The lowest BCUT2D eigenvalue weighted by molar-refractivity contribution is 0.580. The smallest absolute Gasteiger partial charge is 0.216 e. The summed E-state index contributed by atoms with van der Waals surface area (Å²) in [6.07, 6.45) is 1.60. The molecule has 0 atom stereocenters. The van der Waals surface area contributed by atoms with Gasteiger partial charge < -0.3 is 5.73 Å². The molecule has 1 heterocycles. The van der Waals surface area contributed by atoms with Crippen molar-refractivity contribution in [2.24, 2.45) is 5.73 Å². The third-order valence-electron chi connectivity index (χ3n) is 3.05. The van der Waals surface area contributed by atoms with Crippen molar-refractivity contribution in [1.82, 2.24) is 14.9 Å². The summed E-state index contributed by atoms with van der Waals surface area (Å²) >= 11 is 4.94. The van der Waals surface area contributed by atoms with E-state index < -0.39 is 10.0 Å². The van der Waals surface area contributed by atoms with Gasteiger partial charge in [-0.2, -0.15) is 5.10 Å². The monoisotopic (exact) mass is 324 g/mol. The third kappa shape index (κ3) is 4.10. The molecule has 6 nitrogen and oxygen atoms in total. The van der Waals surface area contributed by atoms with Crippen LogP contribution in [0, 0.1) is 6.92 Å². The van der Waals surface area contributed by atoms with Crippen molar-refractivity contribution < 1.29 is 8.42 Å². The predicted molar refractivity (Wildman–Crippen MR) is 85.1 cm³/mol. The van der Waals surface area contributed by atoms with Gasteiger partial charge in [-0.25, -0.2) is 13.1 Å². The lowest BCUT2D eigenvalue weighted by Gasteiger charge is -2.10. The molecule has 2 aromatic rings. The minimum atomic E-state index is -3.49. The number of benzene rings is 1. The fraction of sp³-hybridized carbons (Fsp3) is 0.231. The summed E-state index contributed by atoms with van der Waals surface area (Å²) in [5.74, 6) is -0.169. The highest BCUT2D eigenvalue weighted by Gasteiger charge is 2.15. The first kappa shape index (κ1) is 15.6. The Bertz CT molecular complexity index is 753. The van der Waals surface area contributed by atoms with Crippen LogP contribution in [-0.4, -0.2) is 23.6 Å². The van der Waals surface area contributed by atoms with Gasteiger partial charge in [0, 0.05) is 23.4 Å². The summed E-state index contributed by atoms with van der Waals surface area (Å²) in [6.45, 7) is 2.03. The largest absolute Gasteiger partial charge is 0.389 e. The highest BCUT2D eigenvalue weighted by atomic mass is 32.2. The highest BCUT2D eigenvalue weighted by molar-refractivity contribution is 7.88. The maximum Gasteiger partial charge on any atom is 0.216 e. The maximum absolute atomic E-state index is 12.2. The van der Waals surface area contributed by atoms with Crippen LogP contribution in [0.1, 0.15) is 22.4 Å². The molecule has 0 bridgehead atoms. The first-order valence-corrected chi connectivity index (χ1v) is 8.29. The molecule has 0 fully saturated rings. The topological polar surface area (TPSA) is 101 Å². The number of H-pyrrole nitrogens is 1. The molecule has 21 heavy (non-hydrogen) atoms. The quantitative estimate of drug-likeness (QED) is 0.688. The molecular weight excluding hydrogens is 308 g/mol. The van der Waals surface area contributed by atoms with Crippen molar-refractivity contribution in [1.29, 1.82) is 0 Å². The Morgan fingerprint density at radius 2 is 2.10 bits per heavy atom. The summed E-state index contributed by atoms with van der Waals surface area (Å²) in [7, 11) is -3.49. The molecule has 0 radical (unpaired) electrons. The van der Waals surface area contributed by atoms with E-state index in [1.54, 1.807) is 30.5 Å². The van der Waals surface area contributed by atoms with Crippen LogP contribution in [0.5, 0.6) is 0 Å². The van der Waals surface area contributed by atoms with Gasteiger partial charge in [-0.15, -0.1) is 0 Å². The van der Waals surface area contributed by atoms with E-state index in [9.17, 15) is 8.42 Å². The van der Waals surface area contributed by atoms with Crippen LogP contribution in [-0.2, 0) is 22.3 Å². The Morgan fingerprint density at radius 1 is 1.38 bits per heavy atom. The van der Waals surface area contributed by atoms with Gasteiger partial charge in [-0.1, -0.05) is 36.5 Å². The van der Waals surface area contributed by atoms with Crippen molar-refractivity contribution >= 4 is 27.2 Å². The third-order valence-corrected chi connectivity index (χ3v) is 4.54. The average Bonchev–Trinajstić information content (AvgIpc) is 2.82. The second kappa shape index (κ2) is 6.33. The van der Waals surface area contributed by atoms with Gasteiger partial charge in [-0.3, -0.25) is 5.10 Å². The summed E-state index contributed by atoms with van der Waals surface area (Å²) in [4.78, 5) is 0.187. The number of hydrogen-bond acceptors (Lipinski definition) is 4. The van der Waals surface area contributed by atoms with Crippen LogP contribution in [0.3, 0.4) is 0 Å². The SMILES string of the molecule is Cc1[nH]ncc1CNS(=O)(=O)Cc1ccccc1C(N)=S. The van der Waals surface area contributed by atoms with E-state index in [2.05, 4.69) is 14.9 Å². The molecule has 0 aliphatic rings. The van der Waals surface area contributed by atoms with Crippen molar-refractivity contribution in [3.8, 4) is 0 Å². The Kier molecular flexibility index (Phi) is 4.71. The summed E-state index contributed by atoms with van der Waals surface area (Å²) in [5, 5.41) is 6.61. The summed E-state index contributed by atoms with van der Waals surface area (Å²) in [6, 6.07) is 6.95. The lowest BCUT2D eigenvalue weighted by atomic mass is 10.1. The molecule has 2 rings (SSSR count). The highest BCUT2D eigenvalue weighted by Crippen LogP contribution is 2.12. The second-order valence-electron chi connectivity index (χ2n) is 4.62. The molecule has 0 aliphatic carbocycles. The van der Waals surface area contributed by atoms with Crippen LogP contribution in [0.25, 0.3) is 0 Å². The van der Waals surface area contributed by atoms with E-state index >= 15 is 0 Å². The van der Waals surface area contributed by atoms with Crippen LogP contribution in [0.4, 0.5) is 0 Å². The van der Waals surface area contributed by atoms with Crippen molar-refractivity contribution in [3.63, 3.8) is 0 Å². The molecular formula is C13H16N4O2S2. The van der Waals surface area contributed by atoms with Crippen molar-refractivity contribution in [3.05, 3.63) is 52.8 Å². The van der Waals surface area contributed by atoms with E-state index in [4.69, 9.17) is 18.0 Å². The van der Waals surface area contributed by atoms with E-state index in [1.165, 1.54) is 0 Å². The number of sulfonamides is 1. The minimum Gasteiger partial charge on any atom is -0.389 e. The van der Waals surface area contributed by atoms with Gasteiger partial charge in [0.1, 0.15) is 4.99 Å². The van der Waals surface area contributed by atoms with E-state index in [-0.39, 0.29) is 17.3 Å². The molecule has 0 saturated carbocycles.